The number of fused-ring (bicyclic) bond motifs is 1. The third kappa shape index (κ3) is 2.00. The number of benzene rings is 1. The molecule has 0 radical (unpaired) electrons. The van der Waals surface area contributed by atoms with Gasteiger partial charge in [-0.05, 0) is 31.2 Å². The lowest BCUT2D eigenvalue weighted by Gasteiger charge is -2.06. The Morgan fingerprint density at radius 3 is 2.67 bits per heavy atom. The van der Waals surface area contributed by atoms with Gasteiger partial charge in [0.25, 0.3) is 0 Å². The Bertz CT molecular complexity index is 675. The first-order valence-corrected chi connectivity index (χ1v) is 5.63. The maximum Gasteiger partial charge on any atom is 0.230 e. The maximum absolute atomic E-state index is 5.73. The van der Waals surface area contributed by atoms with Gasteiger partial charge in [0.2, 0.25) is 5.88 Å². The van der Waals surface area contributed by atoms with E-state index in [-0.39, 0.29) is 0 Å². The molecule has 0 spiro atoms. The van der Waals surface area contributed by atoms with Gasteiger partial charge in [-0.1, -0.05) is 12.1 Å². The molecule has 2 heterocycles. The van der Waals surface area contributed by atoms with Crippen molar-refractivity contribution in [3.8, 4) is 11.6 Å². The van der Waals surface area contributed by atoms with Crippen molar-refractivity contribution in [2.75, 3.05) is 0 Å². The van der Waals surface area contributed by atoms with Crippen LogP contribution < -0.4 is 4.74 Å². The van der Waals surface area contributed by atoms with Crippen LogP contribution >= 0.6 is 0 Å². The molecule has 18 heavy (non-hydrogen) atoms. The average Bonchev–Trinajstić information content (AvgIpc) is 2.42. The summed E-state index contributed by atoms with van der Waals surface area (Å²) in [5.74, 6) is 1.22. The molecule has 0 amide bonds. The summed E-state index contributed by atoms with van der Waals surface area (Å²) in [5.41, 5.74) is 1.82. The molecule has 4 heteroatoms. The predicted octanol–water partition coefficient (Wildman–Crippen LogP) is 3.13. The highest BCUT2D eigenvalue weighted by Gasteiger charge is 2.05. The van der Waals surface area contributed by atoms with E-state index in [9.17, 15) is 0 Å². The summed E-state index contributed by atoms with van der Waals surface area (Å²) in [7, 11) is 0. The molecule has 0 saturated carbocycles. The van der Waals surface area contributed by atoms with E-state index in [0.29, 0.717) is 11.6 Å². The van der Waals surface area contributed by atoms with Crippen molar-refractivity contribution in [2.24, 2.45) is 0 Å². The van der Waals surface area contributed by atoms with E-state index in [0.717, 1.165) is 16.6 Å². The fourth-order valence-corrected chi connectivity index (χ4v) is 1.69. The molecular weight excluding hydrogens is 226 g/mol. The Labute approximate surface area is 104 Å². The van der Waals surface area contributed by atoms with Crippen molar-refractivity contribution >= 4 is 10.9 Å². The predicted molar refractivity (Wildman–Crippen MR) is 68.6 cm³/mol. The van der Waals surface area contributed by atoms with Crippen LogP contribution in [0.2, 0.25) is 0 Å². The van der Waals surface area contributed by atoms with Crippen LogP contribution in [0.4, 0.5) is 0 Å². The summed E-state index contributed by atoms with van der Waals surface area (Å²) in [6.07, 6.45) is 3.19. The van der Waals surface area contributed by atoms with Crippen molar-refractivity contribution in [1.82, 2.24) is 15.0 Å². The van der Waals surface area contributed by atoms with E-state index >= 15 is 0 Å². The third-order valence-corrected chi connectivity index (χ3v) is 2.61. The van der Waals surface area contributed by atoms with Crippen molar-refractivity contribution in [2.45, 2.75) is 6.92 Å². The van der Waals surface area contributed by atoms with Gasteiger partial charge >= 0.3 is 0 Å². The number of hydrogen-bond acceptors (Lipinski definition) is 4. The molecular formula is C14H11N3O. The number of para-hydroxylation sites is 1. The Hall–Kier alpha value is -2.49. The van der Waals surface area contributed by atoms with Gasteiger partial charge in [0, 0.05) is 5.69 Å². The van der Waals surface area contributed by atoms with Crippen LogP contribution in [0.15, 0.2) is 48.9 Å². The Morgan fingerprint density at radius 2 is 1.83 bits per heavy atom. The molecule has 0 N–H and O–H groups in total. The number of aryl methyl sites for hydroxylation is 1. The first-order valence-electron chi connectivity index (χ1n) is 5.63. The molecule has 0 aliphatic heterocycles. The highest BCUT2D eigenvalue weighted by Crippen LogP contribution is 2.25. The summed E-state index contributed by atoms with van der Waals surface area (Å²) in [4.78, 5) is 12.5. The zero-order valence-electron chi connectivity index (χ0n) is 9.87. The zero-order chi connectivity index (χ0) is 12.4. The maximum atomic E-state index is 5.73. The number of pyridine rings is 1. The second-order valence-electron chi connectivity index (χ2n) is 3.93. The third-order valence-electron chi connectivity index (χ3n) is 2.61. The smallest absolute Gasteiger partial charge is 0.230 e. The van der Waals surface area contributed by atoms with Gasteiger partial charge in [-0.25, -0.2) is 9.97 Å². The highest BCUT2D eigenvalue weighted by atomic mass is 16.5. The molecule has 3 aromatic rings. The van der Waals surface area contributed by atoms with E-state index in [1.165, 1.54) is 6.33 Å². The van der Waals surface area contributed by atoms with Gasteiger partial charge in [0.05, 0.1) is 17.1 Å². The molecule has 88 valence electrons. The van der Waals surface area contributed by atoms with Crippen molar-refractivity contribution in [3.63, 3.8) is 0 Å². The van der Waals surface area contributed by atoms with E-state index in [2.05, 4.69) is 15.0 Å². The molecule has 0 fully saturated rings. The first kappa shape index (κ1) is 10.7. The monoisotopic (exact) mass is 237 g/mol. The van der Waals surface area contributed by atoms with Gasteiger partial charge in [0.1, 0.15) is 12.1 Å². The van der Waals surface area contributed by atoms with Crippen molar-refractivity contribution in [3.05, 3.63) is 54.6 Å². The fourth-order valence-electron chi connectivity index (χ4n) is 1.69. The van der Waals surface area contributed by atoms with Crippen LogP contribution in [-0.4, -0.2) is 15.0 Å². The summed E-state index contributed by atoms with van der Waals surface area (Å²) >= 11 is 0. The quantitative estimate of drug-likeness (QED) is 0.687. The lowest BCUT2D eigenvalue weighted by atomic mass is 10.2. The topological polar surface area (TPSA) is 47.9 Å². The van der Waals surface area contributed by atoms with Crippen LogP contribution in [0.25, 0.3) is 10.9 Å². The lowest BCUT2D eigenvalue weighted by Crippen LogP contribution is -1.92. The largest absolute Gasteiger partial charge is 0.437 e. The average molecular weight is 237 g/mol. The standard InChI is InChI=1S/C14H11N3O/c1-10-6-7-11(8-15-10)18-14-12-4-2-3-5-13(12)16-9-17-14/h2-9H,1H3. The molecule has 0 atom stereocenters. The van der Waals surface area contributed by atoms with E-state index in [1.807, 2.05) is 43.3 Å². The summed E-state index contributed by atoms with van der Waals surface area (Å²) in [6, 6.07) is 11.5. The number of rotatable bonds is 2. The Morgan fingerprint density at radius 1 is 0.944 bits per heavy atom. The van der Waals surface area contributed by atoms with E-state index in [1.54, 1.807) is 6.20 Å². The molecule has 0 unspecified atom stereocenters. The minimum atomic E-state index is 0.547. The van der Waals surface area contributed by atoms with Crippen LogP contribution in [0.3, 0.4) is 0 Å². The second kappa shape index (κ2) is 4.41. The van der Waals surface area contributed by atoms with Gasteiger partial charge in [-0.3, -0.25) is 4.98 Å². The second-order valence-corrected chi connectivity index (χ2v) is 3.93. The molecule has 4 nitrogen and oxygen atoms in total. The SMILES string of the molecule is Cc1ccc(Oc2ncnc3ccccc23)cn1. The number of ether oxygens (including phenoxy) is 1. The van der Waals surface area contributed by atoms with Gasteiger partial charge < -0.3 is 4.74 Å². The molecule has 0 aliphatic carbocycles. The minimum absolute atomic E-state index is 0.547. The molecule has 2 aromatic heterocycles. The molecule has 0 bridgehead atoms. The van der Waals surface area contributed by atoms with Crippen molar-refractivity contribution < 1.29 is 4.74 Å². The summed E-state index contributed by atoms with van der Waals surface area (Å²) in [5, 5.41) is 0.889. The van der Waals surface area contributed by atoms with E-state index < -0.39 is 0 Å². The summed E-state index contributed by atoms with van der Waals surface area (Å²) < 4.78 is 5.73. The van der Waals surface area contributed by atoms with Gasteiger partial charge in [-0.15, -0.1) is 0 Å². The van der Waals surface area contributed by atoms with E-state index in [4.69, 9.17) is 4.74 Å². The number of hydrogen-bond donors (Lipinski definition) is 0. The minimum Gasteiger partial charge on any atom is -0.437 e. The van der Waals surface area contributed by atoms with Crippen LogP contribution in [-0.2, 0) is 0 Å². The van der Waals surface area contributed by atoms with Crippen LogP contribution in [0.1, 0.15) is 5.69 Å². The molecule has 3 rings (SSSR count). The van der Waals surface area contributed by atoms with Crippen molar-refractivity contribution in [1.29, 1.82) is 0 Å². The highest BCUT2D eigenvalue weighted by molar-refractivity contribution is 5.83. The van der Waals surface area contributed by atoms with Crippen LogP contribution in [0.5, 0.6) is 11.6 Å². The molecule has 0 saturated heterocycles. The summed E-state index contributed by atoms with van der Waals surface area (Å²) in [6.45, 7) is 1.93. The first-order chi connectivity index (χ1) is 8.83. The molecule has 1 aromatic carbocycles. The molecule has 0 aliphatic rings. The number of nitrogens with zero attached hydrogens (tertiary/aromatic N) is 3. The Balaban J connectivity index is 2.02. The van der Waals surface area contributed by atoms with Gasteiger partial charge in [-0.2, -0.15) is 0 Å². The number of aromatic nitrogens is 3. The zero-order valence-corrected chi connectivity index (χ0v) is 9.87. The van der Waals surface area contributed by atoms with Crippen LogP contribution in [0, 0.1) is 6.92 Å². The Kier molecular flexibility index (Phi) is 2.61. The fraction of sp³-hybridized carbons (Fsp3) is 0.0714. The van der Waals surface area contributed by atoms with Gasteiger partial charge in [0.15, 0.2) is 0 Å². The normalized spacial score (nSPS) is 10.5. The lowest BCUT2D eigenvalue weighted by molar-refractivity contribution is 0.465.